The fourth-order valence-electron chi connectivity index (χ4n) is 7.35. The van der Waals surface area contributed by atoms with E-state index < -0.39 is 0 Å². The van der Waals surface area contributed by atoms with Crippen LogP contribution in [0.1, 0.15) is 96.1 Å². The van der Waals surface area contributed by atoms with Gasteiger partial charge < -0.3 is 20.9 Å². The van der Waals surface area contributed by atoms with E-state index in [9.17, 15) is 4.79 Å². The summed E-state index contributed by atoms with van der Waals surface area (Å²) in [5.74, 6) is 0.0215. The normalized spacial score (nSPS) is 18.8. The predicted octanol–water partition coefficient (Wildman–Crippen LogP) is 7.21. The molecule has 42 heavy (non-hydrogen) atoms. The van der Waals surface area contributed by atoms with Crippen molar-refractivity contribution in [2.75, 3.05) is 28.2 Å². The minimum absolute atomic E-state index is 0.0198. The summed E-state index contributed by atoms with van der Waals surface area (Å²) in [6.07, 6.45) is 9.67. The summed E-state index contributed by atoms with van der Waals surface area (Å²) in [5, 5.41) is 3.40. The number of carbonyl (C=O) groups is 1. The van der Waals surface area contributed by atoms with Crippen molar-refractivity contribution in [2.24, 2.45) is 5.73 Å². The Kier molecular flexibility index (Phi) is 10.6. The fraction of sp³-hybridized carbons (Fsp3) is 0.486. The Morgan fingerprint density at radius 3 is 1.67 bits per heavy atom. The van der Waals surface area contributed by atoms with Crippen molar-refractivity contribution in [2.45, 2.75) is 88.4 Å². The van der Waals surface area contributed by atoms with Crippen LogP contribution in [-0.2, 0) is 0 Å². The lowest BCUT2D eigenvalue weighted by molar-refractivity contribution is 0.0765. The van der Waals surface area contributed by atoms with Gasteiger partial charge in [-0.05, 0) is 96.0 Å². The Hall–Kier alpha value is -2.99. The van der Waals surface area contributed by atoms with E-state index in [0.29, 0.717) is 0 Å². The van der Waals surface area contributed by atoms with Crippen molar-refractivity contribution < 1.29 is 4.79 Å². The molecule has 2 saturated carbocycles. The van der Waals surface area contributed by atoms with Crippen molar-refractivity contribution in [1.82, 2.24) is 15.1 Å². The summed E-state index contributed by atoms with van der Waals surface area (Å²) >= 11 is 0. The van der Waals surface area contributed by atoms with Crippen LogP contribution in [-0.4, -0.2) is 55.0 Å². The SMILES string of the molecule is CN(C)C1(C(N)c2ccccc2)CCCC1.Cc1cccc(C(=O)NC(c2ccccc2)C2(N(C)C)CCCC2)c1C. The van der Waals surface area contributed by atoms with Crippen LogP contribution in [0, 0.1) is 13.8 Å². The minimum Gasteiger partial charge on any atom is -0.343 e. The number of nitrogens with two attached hydrogens (primary N) is 1. The number of nitrogens with zero attached hydrogens (tertiary/aromatic N) is 2. The molecule has 5 heteroatoms. The zero-order valence-electron chi connectivity index (χ0n) is 26.7. The summed E-state index contributed by atoms with van der Waals surface area (Å²) in [4.78, 5) is 17.8. The maximum absolute atomic E-state index is 13.2. The number of carbonyl (C=O) groups excluding carboxylic acids is 1. The van der Waals surface area contributed by atoms with Gasteiger partial charge in [-0.3, -0.25) is 4.79 Å². The summed E-state index contributed by atoms with van der Waals surface area (Å²) in [7, 11) is 8.61. The number of hydrogen-bond donors (Lipinski definition) is 2. The van der Waals surface area contributed by atoms with Crippen LogP contribution in [0.5, 0.6) is 0 Å². The van der Waals surface area contributed by atoms with Crippen LogP contribution in [0.2, 0.25) is 0 Å². The van der Waals surface area contributed by atoms with Gasteiger partial charge in [0.15, 0.2) is 0 Å². The molecule has 0 aliphatic heterocycles. The highest BCUT2D eigenvalue weighted by molar-refractivity contribution is 5.96. The second kappa shape index (κ2) is 14.0. The molecule has 5 rings (SSSR count). The first-order chi connectivity index (χ1) is 20.1. The Morgan fingerprint density at radius 1 is 0.690 bits per heavy atom. The first-order valence-electron chi connectivity index (χ1n) is 15.7. The maximum atomic E-state index is 13.2. The molecule has 0 bridgehead atoms. The van der Waals surface area contributed by atoms with Gasteiger partial charge in [0.2, 0.25) is 0 Å². The van der Waals surface area contributed by atoms with E-state index in [1.165, 1.54) is 49.7 Å². The average Bonchev–Trinajstić information content (AvgIpc) is 3.70. The number of aryl methyl sites for hydroxylation is 1. The first kappa shape index (κ1) is 31.9. The number of amides is 1. The Morgan fingerprint density at radius 2 is 1.17 bits per heavy atom. The van der Waals surface area contributed by atoms with Gasteiger partial charge >= 0.3 is 0 Å². The fourth-order valence-corrected chi connectivity index (χ4v) is 7.35. The van der Waals surface area contributed by atoms with E-state index in [1.54, 1.807) is 0 Å². The largest absolute Gasteiger partial charge is 0.343 e. The predicted molar refractivity (Wildman–Crippen MR) is 176 cm³/mol. The van der Waals surface area contributed by atoms with Crippen molar-refractivity contribution in [3.63, 3.8) is 0 Å². The smallest absolute Gasteiger partial charge is 0.252 e. The van der Waals surface area contributed by atoms with Gasteiger partial charge in [-0.15, -0.1) is 0 Å². The lowest BCUT2D eigenvalue weighted by Gasteiger charge is -2.44. The van der Waals surface area contributed by atoms with Crippen LogP contribution in [0.25, 0.3) is 0 Å². The van der Waals surface area contributed by atoms with E-state index in [1.807, 2.05) is 31.2 Å². The van der Waals surface area contributed by atoms with E-state index in [4.69, 9.17) is 5.73 Å². The first-order valence-corrected chi connectivity index (χ1v) is 15.7. The summed E-state index contributed by atoms with van der Waals surface area (Å²) in [6.45, 7) is 4.08. The van der Waals surface area contributed by atoms with Crippen LogP contribution in [0.15, 0.2) is 78.9 Å². The van der Waals surface area contributed by atoms with E-state index in [0.717, 1.165) is 29.5 Å². The number of rotatable bonds is 8. The molecule has 0 heterocycles. The monoisotopic (exact) mass is 568 g/mol. The molecule has 0 saturated heterocycles. The Labute approximate surface area is 254 Å². The topological polar surface area (TPSA) is 61.6 Å². The zero-order valence-corrected chi connectivity index (χ0v) is 26.7. The number of benzene rings is 3. The third-order valence-corrected chi connectivity index (χ3v) is 10.3. The van der Waals surface area contributed by atoms with E-state index in [-0.39, 0.29) is 29.1 Å². The summed E-state index contributed by atoms with van der Waals surface area (Å²) in [5.41, 5.74) is 12.1. The lowest BCUT2D eigenvalue weighted by Crippen LogP contribution is -2.53. The van der Waals surface area contributed by atoms with E-state index in [2.05, 4.69) is 105 Å². The van der Waals surface area contributed by atoms with Gasteiger partial charge in [0, 0.05) is 22.7 Å². The summed E-state index contributed by atoms with van der Waals surface area (Å²) in [6, 6.07) is 27.0. The van der Waals surface area contributed by atoms with Crippen molar-refractivity contribution in [1.29, 1.82) is 0 Å². The summed E-state index contributed by atoms with van der Waals surface area (Å²) < 4.78 is 0. The molecular weight excluding hydrogens is 516 g/mol. The molecule has 0 spiro atoms. The van der Waals surface area contributed by atoms with Gasteiger partial charge in [0.1, 0.15) is 0 Å². The molecule has 3 N–H and O–H groups in total. The molecule has 226 valence electrons. The molecule has 3 aromatic rings. The standard InChI is InChI=1S/C23H30N2O.C14H22N2/c1-17-11-10-14-20(18(17)2)22(26)24-21(19-12-6-5-7-13-19)23(25(3)4)15-8-9-16-23;1-16(2)14(10-6-7-11-14)13(15)12-8-4-3-5-9-12/h5-7,10-14,21H,8-9,15-16H2,1-4H3,(H,24,26);3-5,8-9,13H,6-7,10-11,15H2,1-2H3. The van der Waals surface area contributed by atoms with Crippen molar-refractivity contribution in [3.8, 4) is 0 Å². The van der Waals surface area contributed by atoms with Crippen LogP contribution >= 0.6 is 0 Å². The number of likely N-dealkylation sites (N-methyl/N-ethyl adjacent to an activating group) is 2. The molecular formula is C37H52N4O. The second-order valence-electron chi connectivity index (χ2n) is 12.9. The quantitative estimate of drug-likeness (QED) is 0.301. The van der Waals surface area contributed by atoms with Crippen LogP contribution in [0.4, 0.5) is 0 Å². The van der Waals surface area contributed by atoms with Gasteiger partial charge in [0.25, 0.3) is 5.91 Å². The third kappa shape index (κ3) is 6.64. The highest BCUT2D eigenvalue weighted by atomic mass is 16.1. The van der Waals surface area contributed by atoms with Crippen molar-refractivity contribution in [3.05, 3.63) is 107 Å². The highest BCUT2D eigenvalue weighted by Gasteiger charge is 2.45. The molecule has 0 radical (unpaired) electrons. The highest BCUT2D eigenvalue weighted by Crippen LogP contribution is 2.44. The van der Waals surface area contributed by atoms with Crippen molar-refractivity contribution >= 4 is 5.91 Å². The molecule has 3 aromatic carbocycles. The second-order valence-corrected chi connectivity index (χ2v) is 12.9. The van der Waals surface area contributed by atoms with Gasteiger partial charge in [-0.25, -0.2) is 0 Å². The Bertz CT molecular complexity index is 1280. The third-order valence-electron chi connectivity index (χ3n) is 10.3. The van der Waals surface area contributed by atoms with E-state index >= 15 is 0 Å². The molecule has 2 aliphatic carbocycles. The van der Waals surface area contributed by atoms with Crippen LogP contribution < -0.4 is 11.1 Å². The molecule has 2 aliphatic rings. The van der Waals surface area contributed by atoms with Gasteiger partial charge in [-0.2, -0.15) is 0 Å². The van der Waals surface area contributed by atoms with Gasteiger partial charge in [-0.1, -0.05) is 98.5 Å². The number of nitrogens with one attached hydrogen (secondary N) is 1. The van der Waals surface area contributed by atoms with Gasteiger partial charge in [0.05, 0.1) is 6.04 Å². The molecule has 2 unspecified atom stereocenters. The molecule has 5 nitrogen and oxygen atoms in total. The molecule has 2 fully saturated rings. The lowest BCUT2D eigenvalue weighted by atomic mass is 9.82. The zero-order chi connectivity index (χ0) is 30.3. The number of hydrogen-bond acceptors (Lipinski definition) is 4. The molecule has 1 amide bonds. The molecule has 2 atom stereocenters. The van der Waals surface area contributed by atoms with Crippen LogP contribution in [0.3, 0.4) is 0 Å². The maximum Gasteiger partial charge on any atom is 0.252 e. The Balaban J connectivity index is 0.000000216. The minimum atomic E-state index is -0.0330. The molecule has 0 aromatic heterocycles. The average molecular weight is 569 g/mol.